The number of halogens is 1. The SMILES string of the molecule is CSC(=Nc1cccc(Br)c1)N[C@@H](C)c1ccccc1. The van der Waals surface area contributed by atoms with E-state index in [1.165, 1.54) is 5.56 Å². The minimum absolute atomic E-state index is 0.231. The normalized spacial score (nSPS) is 13.1. The summed E-state index contributed by atoms with van der Waals surface area (Å²) in [6, 6.07) is 18.6. The monoisotopic (exact) mass is 348 g/mol. The van der Waals surface area contributed by atoms with Gasteiger partial charge < -0.3 is 5.32 Å². The Morgan fingerprint density at radius 3 is 2.55 bits per heavy atom. The van der Waals surface area contributed by atoms with E-state index < -0.39 is 0 Å². The number of hydrogen-bond acceptors (Lipinski definition) is 2. The van der Waals surface area contributed by atoms with Gasteiger partial charge in [0.05, 0.1) is 11.7 Å². The molecule has 0 unspecified atom stereocenters. The van der Waals surface area contributed by atoms with E-state index in [0.29, 0.717) is 0 Å². The molecule has 4 heteroatoms. The molecule has 2 aromatic rings. The zero-order valence-electron chi connectivity index (χ0n) is 11.5. The third-order valence-electron chi connectivity index (χ3n) is 2.87. The molecule has 0 radical (unpaired) electrons. The van der Waals surface area contributed by atoms with Gasteiger partial charge in [-0.2, -0.15) is 0 Å². The van der Waals surface area contributed by atoms with Crippen LogP contribution < -0.4 is 5.32 Å². The summed E-state index contributed by atoms with van der Waals surface area (Å²) in [7, 11) is 0. The van der Waals surface area contributed by atoms with Gasteiger partial charge in [0.1, 0.15) is 0 Å². The number of nitrogens with zero attached hydrogens (tertiary/aromatic N) is 1. The van der Waals surface area contributed by atoms with E-state index in [2.05, 4.69) is 57.4 Å². The van der Waals surface area contributed by atoms with Gasteiger partial charge in [-0.15, -0.1) is 0 Å². The number of amidine groups is 1. The van der Waals surface area contributed by atoms with Gasteiger partial charge in [-0.1, -0.05) is 64.1 Å². The maximum Gasteiger partial charge on any atom is 0.161 e. The van der Waals surface area contributed by atoms with Crippen molar-refractivity contribution in [3.8, 4) is 0 Å². The molecule has 0 amide bonds. The summed E-state index contributed by atoms with van der Waals surface area (Å²) in [5.41, 5.74) is 2.19. The highest BCUT2D eigenvalue weighted by atomic mass is 79.9. The Kier molecular flexibility index (Phi) is 5.68. The van der Waals surface area contributed by atoms with Crippen LogP contribution in [0.25, 0.3) is 0 Å². The van der Waals surface area contributed by atoms with Gasteiger partial charge in [0.25, 0.3) is 0 Å². The van der Waals surface area contributed by atoms with Gasteiger partial charge >= 0.3 is 0 Å². The molecule has 0 heterocycles. The molecule has 0 aliphatic carbocycles. The first-order valence-corrected chi connectivity index (χ1v) is 8.40. The van der Waals surface area contributed by atoms with Crippen molar-refractivity contribution in [2.75, 3.05) is 6.26 Å². The number of thioether (sulfide) groups is 1. The third kappa shape index (κ3) is 4.39. The molecular weight excluding hydrogens is 332 g/mol. The molecule has 2 nitrogen and oxygen atoms in total. The summed E-state index contributed by atoms with van der Waals surface area (Å²) >= 11 is 5.08. The first-order valence-electron chi connectivity index (χ1n) is 6.39. The first kappa shape index (κ1) is 15.1. The predicted octanol–water partition coefficient (Wildman–Crippen LogP) is 5.15. The van der Waals surface area contributed by atoms with Crippen LogP contribution in [-0.4, -0.2) is 11.4 Å². The van der Waals surface area contributed by atoms with Gasteiger partial charge in [0.15, 0.2) is 5.17 Å². The second kappa shape index (κ2) is 7.50. The Morgan fingerprint density at radius 2 is 1.90 bits per heavy atom. The van der Waals surface area contributed by atoms with E-state index in [1.54, 1.807) is 11.8 Å². The topological polar surface area (TPSA) is 24.4 Å². The van der Waals surface area contributed by atoms with Crippen molar-refractivity contribution >= 4 is 38.5 Å². The number of aliphatic imine (C=N–C) groups is 1. The summed E-state index contributed by atoms with van der Waals surface area (Å²) in [4.78, 5) is 4.64. The smallest absolute Gasteiger partial charge is 0.161 e. The van der Waals surface area contributed by atoms with Crippen LogP contribution in [0.4, 0.5) is 5.69 Å². The molecule has 0 spiro atoms. The first-order chi connectivity index (χ1) is 9.69. The summed E-state index contributed by atoms with van der Waals surface area (Å²) < 4.78 is 1.04. The molecule has 1 atom stereocenters. The quantitative estimate of drug-likeness (QED) is 0.612. The molecule has 0 bridgehead atoms. The van der Waals surface area contributed by atoms with Crippen LogP contribution >= 0.6 is 27.7 Å². The van der Waals surface area contributed by atoms with E-state index in [1.807, 2.05) is 36.6 Å². The minimum Gasteiger partial charge on any atom is -0.358 e. The van der Waals surface area contributed by atoms with Crippen molar-refractivity contribution in [3.05, 3.63) is 64.6 Å². The van der Waals surface area contributed by atoms with Gasteiger partial charge in [-0.05, 0) is 36.9 Å². The number of nitrogens with one attached hydrogen (secondary N) is 1. The average Bonchev–Trinajstić information content (AvgIpc) is 2.47. The van der Waals surface area contributed by atoms with Crippen molar-refractivity contribution in [1.82, 2.24) is 5.32 Å². The Hall–Kier alpha value is -1.26. The molecule has 2 rings (SSSR count). The molecular formula is C16H17BrN2S. The number of hydrogen-bond donors (Lipinski definition) is 1. The predicted molar refractivity (Wildman–Crippen MR) is 92.7 cm³/mol. The fourth-order valence-corrected chi connectivity index (χ4v) is 2.69. The molecule has 104 valence electrons. The molecule has 20 heavy (non-hydrogen) atoms. The highest BCUT2D eigenvalue weighted by Crippen LogP contribution is 2.20. The maximum atomic E-state index is 4.64. The zero-order chi connectivity index (χ0) is 14.4. The van der Waals surface area contributed by atoms with E-state index in [0.717, 1.165) is 15.3 Å². The number of rotatable bonds is 3. The average molecular weight is 349 g/mol. The van der Waals surface area contributed by atoms with Crippen LogP contribution in [-0.2, 0) is 0 Å². The largest absolute Gasteiger partial charge is 0.358 e. The van der Waals surface area contributed by atoms with E-state index >= 15 is 0 Å². The highest BCUT2D eigenvalue weighted by molar-refractivity contribution is 9.10. The van der Waals surface area contributed by atoms with Gasteiger partial charge in [-0.3, -0.25) is 0 Å². The number of benzene rings is 2. The van der Waals surface area contributed by atoms with Gasteiger partial charge in [0.2, 0.25) is 0 Å². The third-order valence-corrected chi connectivity index (χ3v) is 3.96. The van der Waals surface area contributed by atoms with Crippen LogP contribution in [0.2, 0.25) is 0 Å². The lowest BCUT2D eigenvalue weighted by Crippen LogP contribution is -2.23. The molecule has 0 aliphatic heterocycles. The van der Waals surface area contributed by atoms with Crippen molar-refractivity contribution in [2.45, 2.75) is 13.0 Å². The molecule has 0 aliphatic rings. The lowest BCUT2D eigenvalue weighted by atomic mass is 10.1. The van der Waals surface area contributed by atoms with E-state index in [9.17, 15) is 0 Å². The van der Waals surface area contributed by atoms with Crippen molar-refractivity contribution < 1.29 is 0 Å². The maximum absolute atomic E-state index is 4.64. The van der Waals surface area contributed by atoms with Crippen LogP contribution in [0, 0.1) is 0 Å². The van der Waals surface area contributed by atoms with Gasteiger partial charge in [-0.25, -0.2) is 4.99 Å². The second-order valence-electron chi connectivity index (χ2n) is 4.38. The Bertz CT molecular complexity index is 584. The minimum atomic E-state index is 0.231. The van der Waals surface area contributed by atoms with E-state index in [4.69, 9.17) is 0 Å². The van der Waals surface area contributed by atoms with Crippen molar-refractivity contribution in [2.24, 2.45) is 4.99 Å². The van der Waals surface area contributed by atoms with Crippen LogP contribution in [0.1, 0.15) is 18.5 Å². The van der Waals surface area contributed by atoms with Crippen LogP contribution in [0.5, 0.6) is 0 Å². The van der Waals surface area contributed by atoms with Crippen LogP contribution in [0.15, 0.2) is 64.1 Å². The Balaban J connectivity index is 2.13. The zero-order valence-corrected chi connectivity index (χ0v) is 13.9. The Labute approximate surface area is 132 Å². The van der Waals surface area contributed by atoms with E-state index in [-0.39, 0.29) is 6.04 Å². The molecule has 0 fully saturated rings. The molecule has 0 aromatic heterocycles. The lowest BCUT2D eigenvalue weighted by molar-refractivity contribution is 0.724. The second-order valence-corrected chi connectivity index (χ2v) is 6.09. The van der Waals surface area contributed by atoms with Crippen molar-refractivity contribution in [1.29, 1.82) is 0 Å². The summed E-state index contributed by atoms with van der Waals surface area (Å²) in [6.45, 7) is 2.14. The Morgan fingerprint density at radius 1 is 1.15 bits per heavy atom. The fourth-order valence-electron chi connectivity index (χ4n) is 1.81. The molecule has 0 saturated heterocycles. The summed E-state index contributed by atoms with van der Waals surface area (Å²) in [5.74, 6) is 0. The van der Waals surface area contributed by atoms with Crippen molar-refractivity contribution in [3.63, 3.8) is 0 Å². The van der Waals surface area contributed by atoms with Crippen LogP contribution in [0.3, 0.4) is 0 Å². The fraction of sp³-hybridized carbons (Fsp3) is 0.188. The summed E-state index contributed by atoms with van der Waals surface area (Å²) in [6.07, 6.45) is 2.03. The van der Waals surface area contributed by atoms with Gasteiger partial charge in [0, 0.05) is 4.47 Å². The highest BCUT2D eigenvalue weighted by Gasteiger charge is 2.07. The molecule has 1 N–H and O–H groups in total. The lowest BCUT2D eigenvalue weighted by Gasteiger charge is -2.16. The standard InChI is InChI=1S/C16H17BrN2S/c1-12(13-7-4-3-5-8-13)18-16(20-2)19-15-10-6-9-14(17)11-15/h3-12H,1-2H3,(H,18,19)/t12-/m0/s1. The molecule has 0 saturated carbocycles. The summed E-state index contributed by atoms with van der Waals surface area (Å²) in [5, 5.41) is 4.36. The molecule has 2 aromatic carbocycles.